The first kappa shape index (κ1) is 19.7. The number of anilines is 1. The maximum Gasteiger partial charge on any atom is 0.270 e. The molecule has 0 aliphatic carbocycles. The number of methoxy groups -OCH3 is 1. The van der Waals surface area contributed by atoms with Crippen LogP contribution in [0.3, 0.4) is 0 Å². The van der Waals surface area contributed by atoms with Crippen LogP contribution in [0.2, 0.25) is 0 Å². The normalized spacial score (nSPS) is 10.5. The zero-order valence-corrected chi connectivity index (χ0v) is 16.1. The highest BCUT2D eigenvalue weighted by Crippen LogP contribution is 2.12. The van der Waals surface area contributed by atoms with Gasteiger partial charge in [-0.1, -0.05) is 25.5 Å². The van der Waals surface area contributed by atoms with Crippen molar-refractivity contribution in [2.75, 3.05) is 32.1 Å². The molecule has 0 aliphatic rings. The van der Waals surface area contributed by atoms with Crippen LogP contribution in [0.4, 0.5) is 5.95 Å². The Morgan fingerprint density at radius 3 is 2.62 bits per heavy atom. The van der Waals surface area contributed by atoms with Crippen molar-refractivity contribution in [2.45, 2.75) is 33.1 Å². The topological polar surface area (TPSA) is 67.4 Å². The van der Waals surface area contributed by atoms with Crippen LogP contribution in [0.5, 0.6) is 5.75 Å². The quantitative estimate of drug-likeness (QED) is 0.748. The van der Waals surface area contributed by atoms with Gasteiger partial charge in [-0.25, -0.2) is 9.97 Å². The fourth-order valence-corrected chi connectivity index (χ4v) is 2.54. The molecule has 0 bridgehead atoms. The number of carbonyl (C=O) groups excluding carboxylic acids is 1. The molecule has 1 amide bonds. The fraction of sp³-hybridized carbons (Fsp3) is 0.450. The van der Waals surface area contributed by atoms with Crippen molar-refractivity contribution in [1.82, 2.24) is 15.3 Å². The van der Waals surface area contributed by atoms with Gasteiger partial charge in [0.1, 0.15) is 11.4 Å². The number of unbranched alkanes of at least 4 members (excludes halogenated alkanes) is 1. The van der Waals surface area contributed by atoms with E-state index in [1.54, 1.807) is 13.2 Å². The highest BCUT2D eigenvalue weighted by molar-refractivity contribution is 5.92. The Morgan fingerprint density at radius 2 is 1.96 bits per heavy atom. The molecule has 140 valence electrons. The Hall–Kier alpha value is -2.63. The summed E-state index contributed by atoms with van der Waals surface area (Å²) in [6.45, 7) is 5.45. The summed E-state index contributed by atoms with van der Waals surface area (Å²) in [4.78, 5) is 23.3. The molecule has 1 heterocycles. The summed E-state index contributed by atoms with van der Waals surface area (Å²) in [5.74, 6) is 1.25. The maximum atomic E-state index is 12.4. The van der Waals surface area contributed by atoms with Gasteiger partial charge in [-0.3, -0.25) is 4.79 Å². The second-order valence-corrected chi connectivity index (χ2v) is 6.32. The smallest absolute Gasteiger partial charge is 0.270 e. The molecule has 2 rings (SSSR count). The van der Waals surface area contributed by atoms with E-state index in [1.807, 2.05) is 43.1 Å². The Labute approximate surface area is 155 Å². The van der Waals surface area contributed by atoms with Crippen LogP contribution < -0.4 is 15.0 Å². The van der Waals surface area contributed by atoms with Gasteiger partial charge >= 0.3 is 0 Å². The molecule has 0 saturated carbocycles. The van der Waals surface area contributed by atoms with Crippen molar-refractivity contribution >= 4 is 11.9 Å². The highest BCUT2D eigenvalue weighted by Gasteiger charge is 2.12. The second-order valence-electron chi connectivity index (χ2n) is 6.32. The molecule has 1 N–H and O–H groups in total. The number of hydrogen-bond donors (Lipinski definition) is 1. The lowest BCUT2D eigenvalue weighted by Gasteiger charge is -2.17. The summed E-state index contributed by atoms with van der Waals surface area (Å²) in [5.41, 5.74) is 2.34. The molecule has 0 aliphatic heterocycles. The van der Waals surface area contributed by atoms with E-state index < -0.39 is 0 Å². The standard InChI is InChI=1S/C20H28N4O2/c1-5-6-13-24(3)20-22-15(2)14-18(23-20)19(25)21-12-11-16-7-9-17(26-4)10-8-16/h7-10,14H,5-6,11-13H2,1-4H3,(H,21,25). The highest BCUT2D eigenvalue weighted by atomic mass is 16.5. The minimum absolute atomic E-state index is 0.172. The summed E-state index contributed by atoms with van der Waals surface area (Å²) >= 11 is 0. The predicted molar refractivity (Wildman–Crippen MR) is 104 cm³/mol. The number of amides is 1. The van der Waals surface area contributed by atoms with Crippen molar-refractivity contribution < 1.29 is 9.53 Å². The molecular formula is C20H28N4O2. The summed E-state index contributed by atoms with van der Waals surface area (Å²) in [7, 11) is 3.60. The van der Waals surface area contributed by atoms with E-state index in [4.69, 9.17) is 4.74 Å². The van der Waals surface area contributed by atoms with Gasteiger partial charge < -0.3 is 15.0 Å². The zero-order valence-electron chi connectivity index (χ0n) is 16.1. The molecule has 0 spiro atoms. The maximum absolute atomic E-state index is 12.4. The number of carbonyl (C=O) groups is 1. The largest absolute Gasteiger partial charge is 0.497 e. The molecule has 0 saturated heterocycles. The first-order valence-electron chi connectivity index (χ1n) is 9.01. The second kappa shape index (κ2) is 9.75. The Balaban J connectivity index is 1.94. The fourth-order valence-electron chi connectivity index (χ4n) is 2.54. The van der Waals surface area contributed by atoms with Crippen LogP contribution in [-0.4, -0.2) is 43.1 Å². The van der Waals surface area contributed by atoms with E-state index in [0.717, 1.165) is 42.8 Å². The summed E-state index contributed by atoms with van der Waals surface area (Å²) in [5, 5.41) is 2.93. The predicted octanol–water partition coefficient (Wildman–Crippen LogP) is 3.00. The van der Waals surface area contributed by atoms with Crippen LogP contribution in [0.15, 0.2) is 30.3 Å². The number of benzene rings is 1. The number of nitrogens with one attached hydrogen (secondary N) is 1. The molecule has 26 heavy (non-hydrogen) atoms. The molecular weight excluding hydrogens is 328 g/mol. The Kier molecular flexibility index (Phi) is 7.38. The average molecular weight is 356 g/mol. The third-order valence-corrected chi connectivity index (χ3v) is 4.12. The van der Waals surface area contributed by atoms with Gasteiger partial charge in [0.25, 0.3) is 5.91 Å². The molecule has 1 aromatic carbocycles. The average Bonchev–Trinajstić information content (AvgIpc) is 2.66. The molecule has 6 nitrogen and oxygen atoms in total. The van der Waals surface area contributed by atoms with Gasteiger partial charge in [0.15, 0.2) is 0 Å². The van der Waals surface area contributed by atoms with Crippen molar-refractivity contribution in [3.8, 4) is 5.75 Å². The number of aryl methyl sites for hydroxylation is 1. The molecule has 6 heteroatoms. The van der Waals surface area contributed by atoms with Crippen LogP contribution in [-0.2, 0) is 6.42 Å². The van der Waals surface area contributed by atoms with E-state index in [2.05, 4.69) is 22.2 Å². The van der Waals surface area contributed by atoms with E-state index >= 15 is 0 Å². The van der Waals surface area contributed by atoms with Gasteiger partial charge in [0.05, 0.1) is 7.11 Å². The third-order valence-electron chi connectivity index (χ3n) is 4.12. The van der Waals surface area contributed by atoms with Crippen molar-refractivity contribution in [1.29, 1.82) is 0 Å². The Morgan fingerprint density at radius 1 is 1.23 bits per heavy atom. The van der Waals surface area contributed by atoms with Crippen LogP contribution in [0.1, 0.15) is 41.5 Å². The van der Waals surface area contributed by atoms with E-state index in [0.29, 0.717) is 18.2 Å². The first-order chi connectivity index (χ1) is 12.5. The van der Waals surface area contributed by atoms with Gasteiger partial charge in [-0.15, -0.1) is 0 Å². The summed E-state index contributed by atoms with van der Waals surface area (Å²) in [6, 6.07) is 9.56. The van der Waals surface area contributed by atoms with Crippen LogP contribution >= 0.6 is 0 Å². The lowest BCUT2D eigenvalue weighted by atomic mass is 10.1. The first-order valence-corrected chi connectivity index (χ1v) is 9.01. The summed E-state index contributed by atoms with van der Waals surface area (Å²) in [6.07, 6.45) is 2.93. The monoisotopic (exact) mass is 356 g/mol. The lowest BCUT2D eigenvalue weighted by molar-refractivity contribution is 0.0949. The molecule has 0 unspecified atom stereocenters. The number of ether oxygens (including phenoxy) is 1. The molecule has 0 radical (unpaired) electrons. The minimum atomic E-state index is -0.172. The molecule has 1 aromatic heterocycles. The molecule has 0 atom stereocenters. The van der Waals surface area contributed by atoms with Crippen LogP contribution in [0, 0.1) is 6.92 Å². The Bertz CT molecular complexity index is 716. The number of hydrogen-bond acceptors (Lipinski definition) is 5. The zero-order chi connectivity index (χ0) is 18.9. The van der Waals surface area contributed by atoms with Gasteiger partial charge in [-0.2, -0.15) is 0 Å². The molecule has 0 fully saturated rings. The van der Waals surface area contributed by atoms with Crippen molar-refractivity contribution in [2.24, 2.45) is 0 Å². The summed E-state index contributed by atoms with van der Waals surface area (Å²) < 4.78 is 5.15. The van der Waals surface area contributed by atoms with Crippen molar-refractivity contribution in [3.05, 3.63) is 47.3 Å². The van der Waals surface area contributed by atoms with Gasteiger partial charge in [-0.05, 0) is 43.5 Å². The SMILES string of the molecule is CCCCN(C)c1nc(C)cc(C(=O)NCCc2ccc(OC)cc2)n1. The van der Waals surface area contributed by atoms with Crippen molar-refractivity contribution in [3.63, 3.8) is 0 Å². The minimum Gasteiger partial charge on any atom is -0.497 e. The van der Waals surface area contributed by atoms with E-state index in [-0.39, 0.29) is 5.91 Å². The number of nitrogens with zero attached hydrogens (tertiary/aromatic N) is 3. The van der Waals surface area contributed by atoms with Gasteiger partial charge in [0, 0.05) is 25.8 Å². The lowest BCUT2D eigenvalue weighted by Crippen LogP contribution is -2.28. The van der Waals surface area contributed by atoms with E-state index in [1.165, 1.54) is 0 Å². The third kappa shape index (κ3) is 5.72. The number of rotatable bonds is 9. The van der Waals surface area contributed by atoms with E-state index in [9.17, 15) is 4.79 Å². The number of aromatic nitrogens is 2. The molecule has 2 aromatic rings. The van der Waals surface area contributed by atoms with Gasteiger partial charge in [0.2, 0.25) is 5.95 Å². The van der Waals surface area contributed by atoms with Crippen LogP contribution in [0.25, 0.3) is 0 Å².